The van der Waals surface area contributed by atoms with Gasteiger partial charge in [0, 0.05) is 25.4 Å². The molecule has 1 aromatic heterocycles. The van der Waals surface area contributed by atoms with Crippen LogP contribution in [0.1, 0.15) is 43.0 Å². The number of piperidine rings is 2. The van der Waals surface area contributed by atoms with Crippen LogP contribution in [0.5, 0.6) is 0 Å². The smallest absolute Gasteiger partial charge is 0.242 e. The Morgan fingerprint density at radius 1 is 1.12 bits per heavy atom. The summed E-state index contributed by atoms with van der Waals surface area (Å²) in [4.78, 5) is 30.4. The Morgan fingerprint density at radius 2 is 1.85 bits per heavy atom. The number of aryl methyl sites for hydroxylation is 1. The van der Waals surface area contributed by atoms with Crippen LogP contribution in [0.15, 0.2) is 24.7 Å². The molecule has 0 aromatic carbocycles. The van der Waals surface area contributed by atoms with Crippen molar-refractivity contribution >= 4 is 17.5 Å². The SMILES string of the molecule is Cc1nc(C2CCC(=O)NC2=O)ccc1N1CCC(C2OC=CO2)CC1. The van der Waals surface area contributed by atoms with Gasteiger partial charge < -0.3 is 14.4 Å². The van der Waals surface area contributed by atoms with Crippen molar-refractivity contribution in [3.63, 3.8) is 0 Å². The molecule has 0 radical (unpaired) electrons. The molecule has 1 aromatic rings. The van der Waals surface area contributed by atoms with Gasteiger partial charge >= 0.3 is 0 Å². The number of nitrogens with one attached hydrogen (secondary N) is 1. The van der Waals surface area contributed by atoms with Crippen molar-refractivity contribution < 1.29 is 19.1 Å². The molecule has 7 nitrogen and oxygen atoms in total. The normalized spacial score (nSPS) is 24.3. The van der Waals surface area contributed by atoms with Gasteiger partial charge in [-0.3, -0.25) is 19.9 Å². The Labute approximate surface area is 152 Å². The fourth-order valence-electron chi connectivity index (χ4n) is 3.96. The minimum atomic E-state index is -0.338. The Kier molecular flexibility index (Phi) is 4.53. The van der Waals surface area contributed by atoms with Crippen LogP contribution >= 0.6 is 0 Å². The average Bonchev–Trinajstić information content (AvgIpc) is 3.16. The minimum Gasteiger partial charge on any atom is -0.459 e. The topological polar surface area (TPSA) is 80.8 Å². The van der Waals surface area contributed by atoms with Crippen LogP contribution in [0.4, 0.5) is 5.69 Å². The number of aromatic nitrogens is 1. The predicted molar refractivity (Wildman–Crippen MR) is 94.1 cm³/mol. The first-order chi connectivity index (χ1) is 12.6. The van der Waals surface area contributed by atoms with Crippen LogP contribution in [-0.4, -0.2) is 36.2 Å². The molecule has 2 saturated heterocycles. The lowest BCUT2D eigenvalue weighted by molar-refractivity contribution is -0.134. The molecule has 0 saturated carbocycles. The molecule has 4 rings (SSSR count). The Balaban J connectivity index is 1.42. The molecule has 2 fully saturated rings. The standard InChI is InChI=1S/C19H23N3O4/c1-12-16(22-8-6-13(7-9-22)19-25-10-11-26-19)4-3-15(20-12)14-2-5-17(23)21-18(14)24/h3-4,10-11,13-14,19H,2,5-9H2,1H3,(H,21,23,24). The maximum Gasteiger partial charge on any atom is 0.242 e. The zero-order valence-electron chi connectivity index (χ0n) is 14.8. The number of nitrogens with zero attached hydrogens (tertiary/aromatic N) is 2. The number of carbonyl (C=O) groups excluding carboxylic acids is 2. The van der Waals surface area contributed by atoms with E-state index in [1.165, 1.54) is 0 Å². The zero-order chi connectivity index (χ0) is 18.1. The highest BCUT2D eigenvalue weighted by atomic mass is 16.7. The molecule has 1 atom stereocenters. The molecule has 3 aliphatic rings. The molecule has 1 unspecified atom stereocenters. The summed E-state index contributed by atoms with van der Waals surface area (Å²) in [6.07, 6.45) is 5.97. The highest BCUT2D eigenvalue weighted by Gasteiger charge is 2.32. The van der Waals surface area contributed by atoms with E-state index in [1.54, 1.807) is 12.5 Å². The van der Waals surface area contributed by atoms with Gasteiger partial charge in [-0.05, 0) is 38.3 Å². The lowest BCUT2D eigenvalue weighted by Crippen LogP contribution is -2.40. The maximum absolute atomic E-state index is 12.1. The molecule has 0 bridgehead atoms. The van der Waals surface area contributed by atoms with Gasteiger partial charge in [0.25, 0.3) is 0 Å². The molecule has 7 heteroatoms. The summed E-state index contributed by atoms with van der Waals surface area (Å²) in [5.74, 6) is -0.382. The molecular formula is C19H23N3O4. The highest BCUT2D eigenvalue weighted by molar-refractivity contribution is 6.00. The number of pyridine rings is 1. The molecule has 3 aliphatic heterocycles. The first kappa shape index (κ1) is 16.9. The summed E-state index contributed by atoms with van der Waals surface area (Å²) in [7, 11) is 0. The van der Waals surface area contributed by atoms with Crippen molar-refractivity contribution in [1.29, 1.82) is 0 Å². The summed E-state index contributed by atoms with van der Waals surface area (Å²) in [5.41, 5.74) is 2.76. The van der Waals surface area contributed by atoms with Crippen molar-refractivity contribution in [3.05, 3.63) is 36.0 Å². The highest BCUT2D eigenvalue weighted by Crippen LogP contribution is 2.31. The van der Waals surface area contributed by atoms with Crippen LogP contribution in [0.25, 0.3) is 0 Å². The summed E-state index contributed by atoms with van der Waals surface area (Å²) in [5, 5.41) is 2.40. The van der Waals surface area contributed by atoms with Crippen molar-refractivity contribution in [1.82, 2.24) is 10.3 Å². The Bertz CT molecular complexity index is 732. The van der Waals surface area contributed by atoms with Crippen LogP contribution in [-0.2, 0) is 19.1 Å². The largest absolute Gasteiger partial charge is 0.459 e. The molecule has 4 heterocycles. The lowest BCUT2D eigenvalue weighted by atomic mass is 9.93. The van der Waals surface area contributed by atoms with Gasteiger partial charge in [-0.15, -0.1) is 0 Å². The summed E-state index contributed by atoms with van der Waals surface area (Å²) in [6, 6.07) is 3.97. The second kappa shape index (κ2) is 6.97. The average molecular weight is 357 g/mol. The minimum absolute atomic E-state index is 0.147. The number of rotatable bonds is 3. The van der Waals surface area contributed by atoms with E-state index in [9.17, 15) is 9.59 Å². The fourth-order valence-corrected chi connectivity index (χ4v) is 3.96. The fraction of sp³-hybridized carbons (Fsp3) is 0.526. The number of imide groups is 1. The van der Waals surface area contributed by atoms with Crippen LogP contribution < -0.4 is 10.2 Å². The van der Waals surface area contributed by atoms with E-state index in [1.807, 2.05) is 19.1 Å². The number of hydrogen-bond acceptors (Lipinski definition) is 6. The monoisotopic (exact) mass is 357 g/mol. The van der Waals surface area contributed by atoms with Gasteiger partial charge in [0.05, 0.1) is 23.0 Å². The van der Waals surface area contributed by atoms with E-state index in [-0.39, 0.29) is 24.0 Å². The van der Waals surface area contributed by atoms with Gasteiger partial charge in [-0.2, -0.15) is 0 Å². The number of carbonyl (C=O) groups is 2. The zero-order valence-corrected chi connectivity index (χ0v) is 14.8. The third-order valence-corrected chi connectivity index (χ3v) is 5.42. The van der Waals surface area contributed by atoms with Crippen molar-refractivity contribution in [2.75, 3.05) is 18.0 Å². The molecule has 0 aliphatic carbocycles. The van der Waals surface area contributed by atoms with Gasteiger partial charge in [0.1, 0.15) is 12.5 Å². The van der Waals surface area contributed by atoms with E-state index < -0.39 is 0 Å². The van der Waals surface area contributed by atoms with E-state index in [2.05, 4.69) is 15.2 Å². The van der Waals surface area contributed by atoms with Gasteiger partial charge in [0.2, 0.25) is 18.1 Å². The third kappa shape index (κ3) is 3.25. The van der Waals surface area contributed by atoms with E-state index in [4.69, 9.17) is 9.47 Å². The molecule has 1 N–H and O–H groups in total. The summed E-state index contributed by atoms with van der Waals surface area (Å²) in [6.45, 7) is 3.83. The second-order valence-electron chi connectivity index (χ2n) is 7.08. The van der Waals surface area contributed by atoms with Crippen molar-refractivity contribution in [2.45, 2.75) is 44.8 Å². The van der Waals surface area contributed by atoms with Gasteiger partial charge in [-0.25, -0.2) is 0 Å². The molecule has 26 heavy (non-hydrogen) atoms. The van der Waals surface area contributed by atoms with Crippen LogP contribution in [0.2, 0.25) is 0 Å². The van der Waals surface area contributed by atoms with Crippen molar-refractivity contribution in [3.8, 4) is 0 Å². The van der Waals surface area contributed by atoms with E-state index in [0.29, 0.717) is 18.8 Å². The van der Waals surface area contributed by atoms with Gasteiger partial charge in [-0.1, -0.05) is 0 Å². The lowest BCUT2D eigenvalue weighted by Gasteiger charge is -2.35. The number of ether oxygens (including phenoxy) is 2. The second-order valence-corrected chi connectivity index (χ2v) is 7.08. The molecule has 138 valence electrons. The van der Waals surface area contributed by atoms with Gasteiger partial charge in [0.15, 0.2) is 0 Å². The van der Waals surface area contributed by atoms with Crippen molar-refractivity contribution in [2.24, 2.45) is 5.92 Å². The number of anilines is 1. The summed E-state index contributed by atoms with van der Waals surface area (Å²) < 4.78 is 10.9. The van der Waals surface area contributed by atoms with Crippen LogP contribution in [0.3, 0.4) is 0 Å². The van der Waals surface area contributed by atoms with E-state index >= 15 is 0 Å². The molecule has 2 amide bonds. The maximum atomic E-state index is 12.1. The third-order valence-electron chi connectivity index (χ3n) is 5.42. The number of amides is 2. The first-order valence-corrected chi connectivity index (χ1v) is 9.14. The van der Waals surface area contributed by atoms with Crippen LogP contribution in [0, 0.1) is 12.8 Å². The molecular weight excluding hydrogens is 334 g/mol. The predicted octanol–water partition coefficient (Wildman–Crippen LogP) is 1.97. The molecule has 0 spiro atoms. The summed E-state index contributed by atoms with van der Waals surface area (Å²) >= 11 is 0. The Hall–Kier alpha value is -2.57. The quantitative estimate of drug-likeness (QED) is 0.833. The Morgan fingerprint density at radius 3 is 2.50 bits per heavy atom. The number of hydrogen-bond donors (Lipinski definition) is 1. The van der Waals surface area contributed by atoms with E-state index in [0.717, 1.165) is 43.0 Å². The first-order valence-electron chi connectivity index (χ1n) is 9.14.